The fourth-order valence-corrected chi connectivity index (χ4v) is 2.97. The van der Waals surface area contributed by atoms with Gasteiger partial charge in [0, 0.05) is 17.3 Å². The predicted octanol–water partition coefficient (Wildman–Crippen LogP) is 4.01. The molecular formula is C16H23BrN2O2. The summed E-state index contributed by atoms with van der Waals surface area (Å²) >= 11 is 3.54. The van der Waals surface area contributed by atoms with Crippen molar-refractivity contribution in [3.05, 3.63) is 22.2 Å². The van der Waals surface area contributed by atoms with Crippen LogP contribution in [0.25, 0.3) is 0 Å². The van der Waals surface area contributed by atoms with Gasteiger partial charge in [-0.3, -0.25) is 4.79 Å². The number of halogens is 1. The molecule has 1 aliphatic heterocycles. The third-order valence-electron chi connectivity index (χ3n) is 3.60. The Morgan fingerprint density at radius 2 is 2.10 bits per heavy atom. The van der Waals surface area contributed by atoms with Crippen molar-refractivity contribution in [3.63, 3.8) is 0 Å². The molecule has 0 aromatic heterocycles. The molecule has 0 aliphatic carbocycles. The maximum Gasteiger partial charge on any atom is 0.246 e. The number of hydrogen-bond acceptors (Lipinski definition) is 3. The number of amides is 1. The SMILES string of the molecule is CCCCCCOc1cc2c(cc1Br)C(NCC)C(=O)N2. The Hall–Kier alpha value is -1.07. The van der Waals surface area contributed by atoms with Gasteiger partial charge in [-0.2, -0.15) is 0 Å². The van der Waals surface area contributed by atoms with Crippen LogP contribution in [0.2, 0.25) is 0 Å². The third-order valence-corrected chi connectivity index (χ3v) is 4.22. The Kier molecular flexibility index (Phi) is 6.06. The van der Waals surface area contributed by atoms with E-state index in [1.807, 2.05) is 19.1 Å². The van der Waals surface area contributed by atoms with E-state index in [0.717, 1.165) is 34.4 Å². The lowest BCUT2D eigenvalue weighted by Gasteiger charge is -2.12. The molecule has 0 bridgehead atoms. The molecule has 1 aromatic carbocycles. The fourth-order valence-electron chi connectivity index (χ4n) is 2.49. The monoisotopic (exact) mass is 354 g/mol. The lowest BCUT2D eigenvalue weighted by Crippen LogP contribution is -2.27. The molecule has 1 heterocycles. The zero-order chi connectivity index (χ0) is 15.2. The van der Waals surface area contributed by atoms with Gasteiger partial charge in [0.15, 0.2) is 0 Å². The molecule has 0 spiro atoms. The van der Waals surface area contributed by atoms with E-state index in [4.69, 9.17) is 4.74 Å². The van der Waals surface area contributed by atoms with Crippen LogP contribution in [0.1, 0.15) is 51.1 Å². The molecule has 0 saturated heterocycles. The topological polar surface area (TPSA) is 50.4 Å². The van der Waals surface area contributed by atoms with Gasteiger partial charge in [0.1, 0.15) is 11.8 Å². The van der Waals surface area contributed by atoms with Gasteiger partial charge in [-0.15, -0.1) is 0 Å². The second-order valence-corrected chi connectivity index (χ2v) is 6.11. The smallest absolute Gasteiger partial charge is 0.246 e. The number of ether oxygens (including phenoxy) is 1. The van der Waals surface area contributed by atoms with Gasteiger partial charge in [-0.05, 0) is 35.0 Å². The van der Waals surface area contributed by atoms with E-state index in [0.29, 0.717) is 6.61 Å². The van der Waals surface area contributed by atoms with Crippen molar-refractivity contribution >= 4 is 27.5 Å². The molecule has 4 nitrogen and oxygen atoms in total. The maximum atomic E-state index is 11.9. The quantitative estimate of drug-likeness (QED) is 0.693. The number of anilines is 1. The maximum absolute atomic E-state index is 11.9. The van der Waals surface area contributed by atoms with Gasteiger partial charge in [0.25, 0.3) is 0 Å². The number of unbranched alkanes of at least 4 members (excludes halogenated alkanes) is 3. The molecule has 1 unspecified atom stereocenters. The van der Waals surface area contributed by atoms with Crippen molar-refractivity contribution < 1.29 is 9.53 Å². The number of hydrogen-bond donors (Lipinski definition) is 2. The highest BCUT2D eigenvalue weighted by molar-refractivity contribution is 9.10. The van der Waals surface area contributed by atoms with Gasteiger partial charge < -0.3 is 15.4 Å². The highest BCUT2D eigenvalue weighted by Crippen LogP contribution is 2.38. The van der Waals surface area contributed by atoms with Crippen molar-refractivity contribution in [2.45, 2.75) is 45.6 Å². The van der Waals surface area contributed by atoms with Gasteiger partial charge >= 0.3 is 0 Å². The first-order valence-electron chi connectivity index (χ1n) is 7.67. The summed E-state index contributed by atoms with van der Waals surface area (Å²) in [7, 11) is 0. The molecule has 0 fully saturated rings. The van der Waals surface area contributed by atoms with Crippen molar-refractivity contribution in [2.24, 2.45) is 0 Å². The van der Waals surface area contributed by atoms with E-state index in [1.165, 1.54) is 19.3 Å². The molecule has 0 saturated carbocycles. The molecule has 1 atom stereocenters. The van der Waals surface area contributed by atoms with Crippen molar-refractivity contribution in [1.82, 2.24) is 5.32 Å². The van der Waals surface area contributed by atoms with Crippen LogP contribution in [-0.4, -0.2) is 19.1 Å². The average Bonchev–Trinajstić information content (AvgIpc) is 2.75. The van der Waals surface area contributed by atoms with Crippen LogP contribution in [0, 0.1) is 0 Å². The average molecular weight is 355 g/mol. The molecule has 1 amide bonds. The minimum atomic E-state index is -0.264. The van der Waals surface area contributed by atoms with Gasteiger partial charge in [0.2, 0.25) is 5.91 Å². The standard InChI is InChI=1S/C16H23BrN2O2/c1-3-5-6-7-8-21-14-10-13-11(9-12(14)17)15(18-4-2)16(20)19-13/h9-10,15,18H,3-8H2,1-2H3,(H,19,20). The van der Waals surface area contributed by atoms with Gasteiger partial charge in [-0.25, -0.2) is 0 Å². The Morgan fingerprint density at radius 1 is 1.29 bits per heavy atom. The number of nitrogens with one attached hydrogen (secondary N) is 2. The summed E-state index contributed by atoms with van der Waals surface area (Å²) < 4.78 is 6.72. The molecule has 2 rings (SSSR count). The number of carbonyl (C=O) groups is 1. The molecule has 116 valence electrons. The van der Waals surface area contributed by atoms with E-state index in [1.54, 1.807) is 0 Å². The Bertz CT molecular complexity index is 505. The van der Waals surface area contributed by atoms with Crippen molar-refractivity contribution in [2.75, 3.05) is 18.5 Å². The van der Waals surface area contributed by atoms with Crippen LogP contribution >= 0.6 is 15.9 Å². The largest absolute Gasteiger partial charge is 0.492 e. The lowest BCUT2D eigenvalue weighted by molar-refractivity contribution is -0.117. The minimum Gasteiger partial charge on any atom is -0.492 e. The van der Waals surface area contributed by atoms with Crippen molar-refractivity contribution in [1.29, 1.82) is 0 Å². The molecule has 0 radical (unpaired) electrons. The summed E-state index contributed by atoms with van der Waals surface area (Å²) in [6, 6.07) is 3.62. The molecule has 1 aliphatic rings. The number of likely N-dealkylation sites (N-methyl/N-ethyl adjacent to an activating group) is 1. The number of fused-ring (bicyclic) bond motifs is 1. The molecule has 5 heteroatoms. The van der Waals surface area contributed by atoms with E-state index in [-0.39, 0.29) is 11.9 Å². The van der Waals surface area contributed by atoms with E-state index in [2.05, 4.69) is 33.5 Å². The summed E-state index contributed by atoms with van der Waals surface area (Å²) in [5.41, 5.74) is 1.82. The predicted molar refractivity (Wildman–Crippen MR) is 88.8 cm³/mol. The molecule has 1 aromatic rings. The van der Waals surface area contributed by atoms with Crippen LogP contribution in [-0.2, 0) is 4.79 Å². The van der Waals surface area contributed by atoms with Gasteiger partial charge in [0.05, 0.1) is 11.1 Å². The summed E-state index contributed by atoms with van der Waals surface area (Å²) in [6.07, 6.45) is 4.72. The van der Waals surface area contributed by atoms with Crippen LogP contribution < -0.4 is 15.4 Å². The van der Waals surface area contributed by atoms with Crippen LogP contribution in [0.3, 0.4) is 0 Å². The highest BCUT2D eigenvalue weighted by Gasteiger charge is 2.30. The minimum absolute atomic E-state index is 0.00107. The Labute approximate surface area is 134 Å². The Balaban J connectivity index is 2.03. The van der Waals surface area contributed by atoms with E-state index >= 15 is 0 Å². The number of rotatable bonds is 8. The van der Waals surface area contributed by atoms with Crippen LogP contribution in [0.4, 0.5) is 5.69 Å². The Morgan fingerprint density at radius 3 is 2.81 bits per heavy atom. The second-order valence-electron chi connectivity index (χ2n) is 5.26. The number of benzene rings is 1. The third kappa shape index (κ3) is 3.98. The first-order chi connectivity index (χ1) is 10.2. The summed E-state index contributed by atoms with van der Waals surface area (Å²) in [5, 5.41) is 6.10. The zero-order valence-corrected chi connectivity index (χ0v) is 14.3. The van der Waals surface area contributed by atoms with Gasteiger partial charge in [-0.1, -0.05) is 33.1 Å². The second kappa shape index (κ2) is 7.80. The van der Waals surface area contributed by atoms with Crippen LogP contribution in [0.5, 0.6) is 5.75 Å². The first-order valence-corrected chi connectivity index (χ1v) is 8.47. The van der Waals surface area contributed by atoms with Crippen LogP contribution in [0.15, 0.2) is 16.6 Å². The molecule has 21 heavy (non-hydrogen) atoms. The zero-order valence-electron chi connectivity index (χ0n) is 12.7. The molecular weight excluding hydrogens is 332 g/mol. The van der Waals surface area contributed by atoms with E-state index in [9.17, 15) is 4.79 Å². The van der Waals surface area contributed by atoms with E-state index < -0.39 is 0 Å². The van der Waals surface area contributed by atoms with Crippen molar-refractivity contribution in [3.8, 4) is 5.75 Å². The summed E-state index contributed by atoms with van der Waals surface area (Å²) in [5.74, 6) is 0.793. The summed E-state index contributed by atoms with van der Waals surface area (Å²) in [6.45, 7) is 5.66. The lowest BCUT2D eigenvalue weighted by atomic mass is 10.1. The molecule has 2 N–H and O–H groups in total. The highest BCUT2D eigenvalue weighted by atomic mass is 79.9. The number of carbonyl (C=O) groups excluding carboxylic acids is 1. The summed E-state index contributed by atoms with van der Waals surface area (Å²) in [4.78, 5) is 11.9. The fraction of sp³-hybridized carbons (Fsp3) is 0.562. The normalized spacial score (nSPS) is 16.7. The first kappa shape index (κ1) is 16.3.